The molecular weight excluding hydrogens is 156 g/mol. The average Bonchev–Trinajstić information content (AvgIpc) is 2.55. The van der Waals surface area contributed by atoms with Gasteiger partial charge in [0.25, 0.3) is 5.91 Å². The minimum Gasteiger partial charge on any atom is -0.327 e. The van der Waals surface area contributed by atoms with E-state index in [9.17, 15) is 4.79 Å². The Morgan fingerprint density at radius 2 is 2.67 bits per heavy atom. The van der Waals surface area contributed by atoms with E-state index in [1.54, 1.807) is 7.05 Å². The maximum absolute atomic E-state index is 10.9. The van der Waals surface area contributed by atoms with Crippen molar-refractivity contribution >= 4 is 5.91 Å². The number of amides is 1. The molecular formula is C7H8N4O. The summed E-state index contributed by atoms with van der Waals surface area (Å²) in [6.45, 7) is 0.350. The SMILES string of the molecule is C#CC(=O)N(C)Cc1ncn[nH]1. The van der Waals surface area contributed by atoms with Crippen LogP contribution >= 0.6 is 0 Å². The third kappa shape index (κ3) is 1.83. The number of carbonyl (C=O) groups is 1. The lowest BCUT2D eigenvalue weighted by Gasteiger charge is -2.10. The molecule has 0 spiro atoms. The molecule has 1 aromatic heterocycles. The van der Waals surface area contributed by atoms with Crippen LogP contribution in [-0.4, -0.2) is 33.0 Å². The van der Waals surface area contributed by atoms with E-state index in [0.717, 1.165) is 0 Å². The van der Waals surface area contributed by atoms with Gasteiger partial charge in [0.05, 0.1) is 6.54 Å². The molecule has 0 radical (unpaired) electrons. The fourth-order valence-corrected chi connectivity index (χ4v) is 0.714. The molecule has 1 aromatic rings. The molecule has 0 saturated heterocycles. The van der Waals surface area contributed by atoms with Crippen molar-refractivity contribution in [3.63, 3.8) is 0 Å². The highest BCUT2D eigenvalue weighted by molar-refractivity contribution is 5.92. The van der Waals surface area contributed by atoms with Crippen LogP contribution in [0.5, 0.6) is 0 Å². The number of aromatic amines is 1. The van der Waals surface area contributed by atoms with Crippen LogP contribution in [-0.2, 0) is 11.3 Å². The maximum atomic E-state index is 10.9. The van der Waals surface area contributed by atoms with Crippen LogP contribution in [0.2, 0.25) is 0 Å². The highest BCUT2D eigenvalue weighted by Gasteiger charge is 2.06. The molecule has 0 bridgehead atoms. The molecule has 0 atom stereocenters. The molecule has 1 amide bonds. The molecule has 5 nitrogen and oxygen atoms in total. The lowest BCUT2D eigenvalue weighted by molar-refractivity contribution is -0.124. The number of rotatable bonds is 2. The van der Waals surface area contributed by atoms with Crippen molar-refractivity contribution in [2.75, 3.05) is 7.05 Å². The Morgan fingerprint density at radius 1 is 1.92 bits per heavy atom. The van der Waals surface area contributed by atoms with Crippen LogP contribution in [0.25, 0.3) is 0 Å². The number of H-pyrrole nitrogens is 1. The van der Waals surface area contributed by atoms with Crippen LogP contribution in [0.3, 0.4) is 0 Å². The van der Waals surface area contributed by atoms with E-state index in [2.05, 4.69) is 15.2 Å². The molecule has 0 aliphatic heterocycles. The Kier molecular flexibility index (Phi) is 2.43. The molecule has 0 fully saturated rings. The summed E-state index contributed by atoms with van der Waals surface area (Å²) in [4.78, 5) is 16.1. The average molecular weight is 164 g/mol. The summed E-state index contributed by atoms with van der Waals surface area (Å²) >= 11 is 0. The minimum atomic E-state index is -0.369. The number of terminal acetylenes is 1. The van der Waals surface area contributed by atoms with E-state index >= 15 is 0 Å². The molecule has 0 saturated carbocycles. The van der Waals surface area contributed by atoms with Gasteiger partial charge in [0.2, 0.25) is 0 Å². The summed E-state index contributed by atoms with van der Waals surface area (Å²) in [7, 11) is 1.60. The Hall–Kier alpha value is -1.83. The topological polar surface area (TPSA) is 61.9 Å². The predicted molar refractivity (Wildman–Crippen MR) is 41.7 cm³/mol. The first-order valence-corrected chi connectivity index (χ1v) is 3.30. The van der Waals surface area contributed by atoms with Crippen molar-refractivity contribution in [3.05, 3.63) is 12.2 Å². The van der Waals surface area contributed by atoms with Crippen LogP contribution in [0.4, 0.5) is 0 Å². The normalized spacial score (nSPS) is 9.00. The van der Waals surface area contributed by atoms with Gasteiger partial charge in [0, 0.05) is 7.05 Å². The Morgan fingerprint density at radius 3 is 3.17 bits per heavy atom. The van der Waals surface area contributed by atoms with Crippen LogP contribution in [0, 0.1) is 12.3 Å². The predicted octanol–water partition coefficient (Wildman–Crippen LogP) is -0.604. The fourth-order valence-electron chi connectivity index (χ4n) is 0.714. The van der Waals surface area contributed by atoms with Crippen molar-refractivity contribution in [2.45, 2.75) is 6.54 Å². The van der Waals surface area contributed by atoms with Gasteiger partial charge in [-0.2, -0.15) is 5.10 Å². The zero-order valence-corrected chi connectivity index (χ0v) is 6.61. The molecule has 0 aromatic carbocycles. The van der Waals surface area contributed by atoms with Crippen molar-refractivity contribution in [2.24, 2.45) is 0 Å². The zero-order valence-electron chi connectivity index (χ0n) is 6.61. The second kappa shape index (κ2) is 3.53. The van der Waals surface area contributed by atoms with Crippen molar-refractivity contribution in [1.29, 1.82) is 0 Å². The highest BCUT2D eigenvalue weighted by Crippen LogP contribution is 1.93. The number of nitrogens with zero attached hydrogens (tertiary/aromatic N) is 3. The third-order valence-electron chi connectivity index (χ3n) is 1.32. The van der Waals surface area contributed by atoms with Gasteiger partial charge in [-0.1, -0.05) is 0 Å². The first kappa shape index (κ1) is 8.27. The zero-order chi connectivity index (χ0) is 8.97. The lowest BCUT2D eigenvalue weighted by Crippen LogP contribution is -2.24. The van der Waals surface area contributed by atoms with Crippen LogP contribution in [0.15, 0.2) is 6.33 Å². The smallest absolute Gasteiger partial charge is 0.298 e. The van der Waals surface area contributed by atoms with Crippen LogP contribution < -0.4 is 0 Å². The first-order chi connectivity index (χ1) is 5.74. The molecule has 1 heterocycles. The van der Waals surface area contributed by atoms with Gasteiger partial charge in [-0.3, -0.25) is 9.89 Å². The summed E-state index contributed by atoms with van der Waals surface area (Å²) in [5.41, 5.74) is 0. The summed E-state index contributed by atoms with van der Waals surface area (Å²) in [6, 6.07) is 0. The van der Waals surface area contributed by atoms with Gasteiger partial charge in [-0.05, 0) is 5.92 Å². The van der Waals surface area contributed by atoms with Crippen molar-refractivity contribution in [3.8, 4) is 12.3 Å². The molecule has 0 aliphatic carbocycles. The van der Waals surface area contributed by atoms with Gasteiger partial charge in [0.15, 0.2) is 0 Å². The summed E-state index contributed by atoms with van der Waals surface area (Å²) in [5.74, 6) is 2.25. The van der Waals surface area contributed by atoms with E-state index in [1.165, 1.54) is 11.2 Å². The van der Waals surface area contributed by atoms with Crippen molar-refractivity contribution < 1.29 is 4.79 Å². The monoisotopic (exact) mass is 164 g/mol. The maximum Gasteiger partial charge on any atom is 0.298 e. The number of aromatic nitrogens is 3. The fraction of sp³-hybridized carbons (Fsp3) is 0.286. The second-order valence-corrected chi connectivity index (χ2v) is 2.24. The standard InChI is InChI=1S/C7H8N4O/c1-3-7(12)11(2)4-6-8-5-9-10-6/h1,5H,4H2,2H3,(H,8,9,10). The van der Waals surface area contributed by atoms with Gasteiger partial charge in [0.1, 0.15) is 12.2 Å². The van der Waals surface area contributed by atoms with E-state index in [4.69, 9.17) is 6.42 Å². The van der Waals surface area contributed by atoms with Crippen molar-refractivity contribution in [1.82, 2.24) is 20.1 Å². The molecule has 1 N–H and O–H groups in total. The molecule has 0 aliphatic rings. The Bertz CT molecular complexity index is 298. The molecule has 5 heteroatoms. The van der Waals surface area contributed by atoms with Gasteiger partial charge < -0.3 is 4.90 Å². The third-order valence-corrected chi connectivity index (χ3v) is 1.32. The van der Waals surface area contributed by atoms with Gasteiger partial charge >= 0.3 is 0 Å². The van der Waals surface area contributed by atoms with E-state index in [0.29, 0.717) is 12.4 Å². The largest absolute Gasteiger partial charge is 0.327 e. The quantitative estimate of drug-likeness (QED) is 0.593. The first-order valence-electron chi connectivity index (χ1n) is 3.30. The number of nitrogens with one attached hydrogen (secondary N) is 1. The van der Waals surface area contributed by atoms with Crippen LogP contribution in [0.1, 0.15) is 5.82 Å². The Balaban J connectivity index is 2.54. The van der Waals surface area contributed by atoms with Gasteiger partial charge in [-0.25, -0.2) is 4.98 Å². The lowest BCUT2D eigenvalue weighted by atomic mass is 10.5. The summed E-state index contributed by atoms with van der Waals surface area (Å²) < 4.78 is 0. The molecule has 12 heavy (non-hydrogen) atoms. The van der Waals surface area contributed by atoms with Gasteiger partial charge in [-0.15, -0.1) is 6.42 Å². The molecule has 0 unspecified atom stereocenters. The Labute approximate surface area is 69.8 Å². The minimum absolute atomic E-state index is 0.350. The van der Waals surface area contributed by atoms with E-state index in [-0.39, 0.29) is 5.91 Å². The van der Waals surface area contributed by atoms with E-state index < -0.39 is 0 Å². The number of hydrogen-bond acceptors (Lipinski definition) is 3. The van der Waals surface area contributed by atoms with E-state index in [1.807, 2.05) is 5.92 Å². The molecule has 1 rings (SSSR count). The number of carbonyl (C=O) groups excluding carboxylic acids is 1. The highest BCUT2D eigenvalue weighted by atomic mass is 16.2. The summed E-state index contributed by atoms with van der Waals surface area (Å²) in [5, 5.41) is 6.26. The summed E-state index contributed by atoms with van der Waals surface area (Å²) in [6.07, 6.45) is 6.29. The molecule has 62 valence electrons. The second-order valence-electron chi connectivity index (χ2n) is 2.24. The number of hydrogen-bond donors (Lipinski definition) is 1.